The Balaban J connectivity index is 1.95. The smallest absolute Gasteiger partial charge is 0.515 e. The molecule has 2 aromatic carbocycles. The van der Waals surface area contributed by atoms with Crippen LogP contribution in [0.1, 0.15) is 11.1 Å². The molecule has 0 spiro atoms. The van der Waals surface area contributed by atoms with Gasteiger partial charge in [0.2, 0.25) is 0 Å². The Morgan fingerprint density at radius 1 is 0.789 bits per heavy atom. The molecule has 0 saturated heterocycles. The highest BCUT2D eigenvalue weighted by Crippen LogP contribution is 2.17. The van der Waals surface area contributed by atoms with Crippen molar-refractivity contribution in [3.05, 3.63) is 65.7 Å². The number of hydrogen-bond acceptors (Lipinski definition) is 1. The molecule has 0 aliphatic heterocycles. The summed E-state index contributed by atoms with van der Waals surface area (Å²) < 4.78 is 40.8. The Morgan fingerprint density at radius 3 is 1.95 bits per heavy atom. The van der Waals surface area contributed by atoms with Gasteiger partial charge in [-0.1, -0.05) is 42.5 Å². The van der Waals surface area contributed by atoms with Crippen LogP contribution in [-0.2, 0) is 6.42 Å². The molecule has 0 heterocycles. The number of rotatable bonds is 5. The van der Waals surface area contributed by atoms with E-state index in [9.17, 15) is 12.9 Å². The molecule has 0 atom stereocenters. The zero-order valence-corrected chi connectivity index (χ0v) is 10.2. The quantitative estimate of drug-likeness (QED) is 0.741. The standard InChI is InChI=1S/C14H13BF3O/c16-15(17,18)11-19-14-8-6-13(7-9-14)10-12-4-2-1-3-5-12/h1-9H,10-11H2/q-1. The van der Waals surface area contributed by atoms with Gasteiger partial charge >= 0.3 is 6.98 Å². The number of benzene rings is 2. The fourth-order valence-corrected chi connectivity index (χ4v) is 1.73. The lowest BCUT2D eigenvalue weighted by Gasteiger charge is -2.15. The molecule has 19 heavy (non-hydrogen) atoms. The first kappa shape index (κ1) is 13.5. The number of halogens is 3. The van der Waals surface area contributed by atoms with Gasteiger partial charge in [0.25, 0.3) is 0 Å². The molecule has 0 aliphatic carbocycles. The summed E-state index contributed by atoms with van der Waals surface area (Å²) in [4.78, 5) is 0. The van der Waals surface area contributed by atoms with E-state index in [1.54, 1.807) is 24.3 Å². The maximum atomic E-state index is 12.0. The van der Waals surface area contributed by atoms with E-state index in [4.69, 9.17) is 0 Å². The average Bonchev–Trinajstić information content (AvgIpc) is 2.38. The maximum absolute atomic E-state index is 12.0. The Labute approximate surface area is 110 Å². The summed E-state index contributed by atoms with van der Waals surface area (Å²) >= 11 is 0. The summed E-state index contributed by atoms with van der Waals surface area (Å²) in [5.74, 6) is 0.246. The van der Waals surface area contributed by atoms with Gasteiger partial charge in [0.15, 0.2) is 0 Å². The molecule has 100 valence electrons. The fourth-order valence-electron chi connectivity index (χ4n) is 1.73. The first-order chi connectivity index (χ1) is 9.03. The second kappa shape index (κ2) is 5.82. The van der Waals surface area contributed by atoms with Crippen LogP contribution in [0.4, 0.5) is 12.9 Å². The first-order valence-corrected chi connectivity index (χ1v) is 5.99. The van der Waals surface area contributed by atoms with Crippen LogP contribution in [0.25, 0.3) is 0 Å². The van der Waals surface area contributed by atoms with Crippen molar-refractivity contribution in [3.63, 3.8) is 0 Å². The van der Waals surface area contributed by atoms with Crippen LogP contribution < -0.4 is 4.74 Å². The van der Waals surface area contributed by atoms with E-state index in [0.29, 0.717) is 0 Å². The van der Waals surface area contributed by atoms with Gasteiger partial charge in [0.1, 0.15) is 5.75 Å². The van der Waals surface area contributed by atoms with E-state index >= 15 is 0 Å². The molecule has 5 heteroatoms. The van der Waals surface area contributed by atoms with Gasteiger partial charge in [-0.25, -0.2) is 0 Å². The van der Waals surface area contributed by atoms with E-state index in [2.05, 4.69) is 4.74 Å². The lowest BCUT2D eigenvalue weighted by molar-refractivity contribution is 0.313. The van der Waals surface area contributed by atoms with E-state index < -0.39 is 13.5 Å². The molecule has 0 unspecified atom stereocenters. The first-order valence-electron chi connectivity index (χ1n) is 5.99. The third kappa shape index (κ3) is 4.70. The van der Waals surface area contributed by atoms with Crippen LogP contribution in [0, 0.1) is 0 Å². The minimum Gasteiger partial charge on any atom is -0.522 e. The third-order valence-corrected chi connectivity index (χ3v) is 2.61. The summed E-state index contributed by atoms with van der Waals surface area (Å²) in [6.07, 6.45) is 0.754. The molecule has 0 aromatic heterocycles. The van der Waals surface area contributed by atoms with Crippen LogP contribution in [0.5, 0.6) is 5.75 Å². The zero-order chi connectivity index (χ0) is 13.7. The summed E-state index contributed by atoms with van der Waals surface area (Å²) in [7, 11) is 0. The van der Waals surface area contributed by atoms with E-state index in [-0.39, 0.29) is 5.75 Å². The molecule has 1 nitrogen and oxygen atoms in total. The molecule has 0 saturated carbocycles. The van der Waals surface area contributed by atoms with Crippen LogP contribution in [-0.4, -0.2) is 13.5 Å². The average molecular weight is 265 g/mol. The molecule has 0 radical (unpaired) electrons. The maximum Gasteiger partial charge on any atom is 0.515 e. The van der Waals surface area contributed by atoms with Crippen molar-refractivity contribution in [3.8, 4) is 5.75 Å². The minimum atomic E-state index is -4.90. The van der Waals surface area contributed by atoms with Crippen LogP contribution in [0.2, 0.25) is 0 Å². The van der Waals surface area contributed by atoms with Crippen molar-refractivity contribution in [2.45, 2.75) is 6.42 Å². The van der Waals surface area contributed by atoms with Crippen molar-refractivity contribution >= 4 is 6.98 Å². The van der Waals surface area contributed by atoms with Crippen LogP contribution in [0.3, 0.4) is 0 Å². The zero-order valence-electron chi connectivity index (χ0n) is 10.2. The second-order valence-electron chi connectivity index (χ2n) is 4.33. The summed E-state index contributed by atoms with van der Waals surface area (Å²) in [6, 6.07) is 16.6. The number of ether oxygens (including phenoxy) is 1. The van der Waals surface area contributed by atoms with Crippen molar-refractivity contribution in [2.75, 3.05) is 6.51 Å². The normalized spacial score (nSPS) is 11.3. The Hall–Kier alpha value is -1.91. The molecular formula is C14H13BF3O-. The molecular weight excluding hydrogens is 252 g/mol. The van der Waals surface area contributed by atoms with Crippen LogP contribution in [0.15, 0.2) is 54.6 Å². The van der Waals surface area contributed by atoms with Gasteiger partial charge in [0.05, 0.1) is 6.51 Å². The van der Waals surface area contributed by atoms with Gasteiger partial charge < -0.3 is 17.7 Å². The number of hydrogen-bond donors (Lipinski definition) is 0. The summed E-state index contributed by atoms with van der Waals surface area (Å²) in [5.41, 5.74) is 2.20. The van der Waals surface area contributed by atoms with Gasteiger partial charge in [-0.05, 0) is 29.7 Å². The van der Waals surface area contributed by atoms with Crippen molar-refractivity contribution in [1.82, 2.24) is 0 Å². The predicted octanol–water partition coefficient (Wildman–Crippen LogP) is 4.04. The highest BCUT2D eigenvalue weighted by Gasteiger charge is 2.24. The molecule has 0 aliphatic rings. The van der Waals surface area contributed by atoms with E-state index in [1.807, 2.05) is 30.3 Å². The van der Waals surface area contributed by atoms with Gasteiger partial charge in [0, 0.05) is 0 Å². The molecule has 0 amide bonds. The topological polar surface area (TPSA) is 9.23 Å². The highest BCUT2D eigenvalue weighted by atomic mass is 19.4. The third-order valence-electron chi connectivity index (χ3n) is 2.61. The predicted molar refractivity (Wildman–Crippen MR) is 70.3 cm³/mol. The molecule has 2 aromatic rings. The molecule has 0 bridgehead atoms. The largest absolute Gasteiger partial charge is 0.522 e. The second-order valence-corrected chi connectivity index (χ2v) is 4.33. The van der Waals surface area contributed by atoms with Crippen molar-refractivity contribution in [1.29, 1.82) is 0 Å². The Morgan fingerprint density at radius 2 is 1.37 bits per heavy atom. The monoisotopic (exact) mass is 265 g/mol. The van der Waals surface area contributed by atoms with Crippen LogP contribution >= 0.6 is 0 Å². The van der Waals surface area contributed by atoms with E-state index in [1.165, 1.54) is 0 Å². The van der Waals surface area contributed by atoms with Gasteiger partial charge in [-0.15, -0.1) is 0 Å². The highest BCUT2D eigenvalue weighted by molar-refractivity contribution is 6.58. The SMILES string of the molecule is F[B-](F)(F)COc1ccc(Cc2ccccc2)cc1. The molecule has 2 rings (SSSR count). The molecule has 0 N–H and O–H groups in total. The van der Waals surface area contributed by atoms with Gasteiger partial charge in [-0.3, -0.25) is 0 Å². The Bertz CT molecular complexity index is 508. The molecule has 0 fully saturated rings. The Kier molecular flexibility index (Phi) is 4.15. The summed E-state index contributed by atoms with van der Waals surface area (Å²) in [6.45, 7) is -6.10. The van der Waals surface area contributed by atoms with E-state index in [0.717, 1.165) is 17.5 Å². The lowest BCUT2D eigenvalue weighted by Crippen LogP contribution is -2.26. The lowest BCUT2D eigenvalue weighted by atomic mass is 9.95. The fraction of sp³-hybridized carbons (Fsp3) is 0.143. The summed E-state index contributed by atoms with van der Waals surface area (Å²) in [5, 5.41) is 0. The van der Waals surface area contributed by atoms with Crippen molar-refractivity contribution in [2.24, 2.45) is 0 Å². The minimum absolute atomic E-state index is 0.246. The van der Waals surface area contributed by atoms with Gasteiger partial charge in [-0.2, -0.15) is 0 Å². The van der Waals surface area contributed by atoms with Crippen molar-refractivity contribution < 1.29 is 17.7 Å².